The van der Waals surface area contributed by atoms with Gasteiger partial charge >= 0.3 is 0 Å². The average molecular weight is 233 g/mol. The summed E-state index contributed by atoms with van der Waals surface area (Å²) in [5.41, 5.74) is 7.17. The third-order valence-electron chi connectivity index (χ3n) is 3.63. The number of para-hydroxylation sites is 1. The van der Waals surface area contributed by atoms with E-state index in [9.17, 15) is 4.39 Å². The Morgan fingerprint density at radius 1 is 1.24 bits per heavy atom. The molecule has 17 heavy (non-hydrogen) atoms. The van der Waals surface area contributed by atoms with Crippen LogP contribution in [-0.2, 0) is 0 Å². The third kappa shape index (κ3) is 1.68. The Morgan fingerprint density at radius 2 is 2.00 bits per heavy atom. The Balaban J connectivity index is 2.16. The molecule has 1 aliphatic rings. The van der Waals surface area contributed by atoms with Gasteiger partial charge in [0.1, 0.15) is 11.3 Å². The number of fused-ring (bicyclic) bond motifs is 1. The second-order valence-electron chi connectivity index (χ2n) is 4.74. The summed E-state index contributed by atoms with van der Waals surface area (Å²) in [6.45, 7) is 0. The summed E-state index contributed by atoms with van der Waals surface area (Å²) >= 11 is 0. The minimum Gasteiger partial charge on any atom is -0.369 e. The number of benzene rings is 1. The summed E-state index contributed by atoms with van der Waals surface area (Å²) in [6.07, 6.45) is 5.80. The fourth-order valence-electron chi connectivity index (χ4n) is 2.83. The first-order chi connectivity index (χ1) is 8.27. The smallest absolute Gasteiger partial charge is 0.201 e. The van der Waals surface area contributed by atoms with Crippen LogP contribution in [0, 0.1) is 5.82 Å². The van der Waals surface area contributed by atoms with Gasteiger partial charge in [-0.3, -0.25) is 0 Å². The summed E-state index contributed by atoms with van der Waals surface area (Å²) in [5, 5.41) is 0. The summed E-state index contributed by atoms with van der Waals surface area (Å²) < 4.78 is 15.8. The predicted molar refractivity (Wildman–Crippen MR) is 66.2 cm³/mol. The van der Waals surface area contributed by atoms with Crippen molar-refractivity contribution in [2.75, 3.05) is 5.73 Å². The highest BCUT2D eigenvalue weighted by atomic mass is 19.1. The van der Waals surface area contributed by atoms with E-state index < -0.39 is 0 Å². The Hall–Kier alpha value is -1.58. The SMILES string of the molecule is Nc1nc2cccc(F)c2n1C1CCCCC1. The molecule has 3 rings (SSSR count). The van der Waals surface area contributed by atoms with E-state index in [1.165, 1.54) is 25.3 Å². The first-order valence-corrected chi connectivity index (χ1v) is 6.19. The molecule has 0 radical (unpaired) electrons. The summed E-state index contributed by atoms with van der Waals surface area (Å²) in [7, 11) is 0. The van der Waals surface area contributed by atoms with Crippen LogP contribution < -0.4 is 5.73 Å². The average Bonchev–Trinajstić information content (AvgIpc) is 2.68. The number of anilines is 1. The molecule has 90 valence electrons. The largest absolute Gasteiger partial charge is 0.369 e. The zero-order valence-corrected chi connectivity index (χ0v) is 9.69. The zero-order valence-electron chi connectivity index (χ0n) is 9.69. The Labute approximate surface area is 99.4 Å². The Kier molecular flexibility index (Phi) is 2.50. The lowest BCUT2D eigenvalue weighted by atomic mass is 9.95. The van der Waals surface area contributed by atoms with Gasteiger partial charge in [0.25, 0.3) is 0 Å². The van der Waals surface area contributed by atoms with Crippen molar-refractivity contribution < 1.29 is 4.39 Å². The molecule has 0 aliphatic heterocycles. The number of nitrogens with zero attached hydrogens (tertiary/aromatic N) is 2. The van der Waals surface area contributed by atoms with Crippen LogP contribution in [0.3, 0.4) is 0 Å². The minimum absolute atomic E-state index is 0.225. The maximum atomic E-state index is 13.9. The lowest BCUT2D eigenvalue weighted by molar-refractivity contribution is 0.361. The maximum absolute atomic E-state index is 13.9. The second kappa shape index (κ2) is 4.02. The number of rotatable bonds is 1. The summed E-state index contributed by atoms with van der Waals surface area (Å²) in [5.74, 6) is 0.217. The number of imidazole rings is 1. The first kappa shape index (κ1) is 10.6. The molecule has 1 saturated carbocycles. The number of halogens is 1. The van der Waals surface area contributed by atoms with Crippen LogP contribution >= 0.6 is 0 Å². The van der Waals surface area contributed by atoms with Crippen molar-refractivity contribution >= 4 is 17.0 Å². The molecule has 0 saturated heterocycles. The van der Waals surface area contributed by atoms with Gasteiger partial charge in [0.2, 0.25) is 5.95 Å². The van der Waals surface area contributed by atoms with Gasteiger partial charge in [-0.2, -0.15) is 0 Å². The quantitative estimate of drug-likeness (QED) is 0.821. The van der Waals surface area contributed by atoms with Gasteiger partial charge < -0.3 is 10.3 Å². The highest BCUT2D eigenvalue weighted by Gasteiger charge is 2.21. The van der Waals surface area contributed by atoms with Crippen molar-refractivity contribution in [1.29, 1.82) is 0 Å². The molecule has 4 heteroatoms. The number of nitrogens with two attached hydrogens (primary N) is 1. The van der Waals surface area contributed by atoms with Gasteiger partial charge in [0.15, 0.2) is 0 Å². The molecule has 1 aromatic heterocycles. The van der Waals surface area contributed by atoms with Crippen LogP contribution in [0.15, 0.2) is 18.2 Å². The van der Waals surface area contributed by atoms with E-state index in [1.54, 1.807) is 6.07 Å². The van der Waals surface area contributed by atoms with Crippen LogP contribution in [0.1, 0.15) is 38.1 Å². The lowest BCUT2D eigenvalue weighted by Gasteiger charge is -2.24. The van der Waals surface area contributed by atoms with Crippen molar-refractivity contribution in [3.8, 4) is 0 Å². The van der Waals surface area contributed by atoms with Crippen molar-refractivity contribution in [3.05, 3.63) is 24.0 Å². The van der Waals surface area contributed by atoms with Gasteiger partial charge in [-0.05, 0) is 25.0 Å². The number of aromatic nitrogens is 2. The van der Waals surface area contributed by atoms with Gasteiger partial charge in [-0.15, -0.1) is 0 Å². The van der Waals surface area contributed by atoms with Gasteiger partial charge in [-0.25, -0.2) is 9.37 Å². The van der Waals surface area contributed by atoms with E-state index in [-0.39, 0.29) is 5.82 Å². The van der Waals surface area contributed by atoms with E-state index in [0.717, 1.165) is 12.8 Å². The van der Waals surface area contributed by atoms with E-state index in [0.29, 0.717) is 23.0 Å². The van der Waals surface area contributed by atoms with E-state index in [2.05, 4.69) is 4.98 Å². The number of hydrogen-bond donors (Lipinski definition) is 1. The second-order valence-corrected chi connectivity index (χ2v) is 4.74. The van der Waals surface area contributed by atoms with Crippen LogP contribution in [0.5, 0.6) is 0 Å². The Bertz CT molecular complexity index is 541. The standard InChI is InChI=1S/C13H16FN3/c14-10-7-4-8-11-12(10)17(13(15)16-11)9-5-2-1-3-6-9/h4,7-9H,1-3,5-6H2,(H2,15,16). The van der Waals surface area contributed by atoms with Crippen LogP contribution in [0.2, 0.25) is 0 Å². The molecule has 2 N–H and O–H groups in total. The van der Waals surface area contributed by atoms with Gasteiger partial charge in [0, 0.05) is 6.04 Å². The first-order valence-electron chi connectivity index (χ1n) is 6.19. The Morgan fingerprint density at radius 3 is 2.76 bits per heavy atom. The molecule has 1 aromatic carbocycles. The number of nitrogen functional groups attached to an aromatic ring is 1. The minimum atomic E-state index is -0.225. The van der Waals surface area contributed by atoms with Crippen molar-refractivity contribution in [3.63, 3.8) is 0 Å². The van der Waals surface area contributed by atoms with Crippen molar-refractivity contribution in [1.82, 2.24) is 9.55 Å². The highest BCUT2D eigenvalue weighted by Crippen LogP contribution is 2.33. The van der Waals surface area contributed by atoms with E-state index >= 15 is 0 Å². The molecule has 0 atom stereocenters. The monoisotopic (exact) mass is 233 g/mol. The molecule has 1 aliphatic carbocycles. The third-order valence-corrected chi connectivity index (χ3v) is 3.63. The molecule has 3 nitrogen and oxygen atoms in total. The molecule has 0 unspecified atom stereocenters. The number of hydrogen-bond acceptors (Lipinski definition) is 2. The van der Waals surface area contributed by atoms with E-state index in [4.69, 9.17) is 5.73 Å². The molecule has 1 fully saturated rings. The van der Waals surface area contributed by atoms with Crippen molar-refractivity contribution in [2.24, 2.45) is 0 Å². The van der Waals surface area contributed by atoms with Crippen LogP contribution in [-0.4, -0.2) is 9.55 Å². The molecular weight excluding hydrogens is 217 g/mol. The lowest BCUT2D eigenvalue weighted by Crippen LogP contribution is -2.15. The van der Waals surface area contributed by atoms with Crippen LogP contribution in [0.4, 0.5) is 10.3 Å². The van der Waals surface area contributed by atoms with Gasteiger partial charge in [0.05, 0.1) is 5.52 Å². The topological polar surface area (TPSA) is 43.8 Å². The van der Waals surface area contributed by atoms with E-state index in [1.807, 2.05) is 10.6 Å². The summed E-state index contributed by atoms with van der Waals surface area (Å²) in [4.78, 5) is 4.25. The molecular formula is C13H16FN3. The maximum Gasteiger partial charge on any atom is 0.201 e. The zero-order chi connectivity index (χ0) is 11.8. The molecule has 0 amide bonds. The predicted octanol–water partition coefficient (Wildman–Crippen LogP) is 3.26. The fraction of sp³-hybridized carbons (Fsp3) is 0.462. The highest BCUT2D eigenvalue weighted by molar-refractivity contribution is 5.79. The molecule has 0 spiro atoms. The molecule has 2 aromatic rings. The van der Waals surface area contributed by atoms with Crippen molar-refractivity contribution in [2.45, 2.75) is 38.1 Å². The molecule has 0 bridgehead atoms. The van der Waals surface area contributed by atoms with Gasteiger partial charge in [-0.1, -0.05) is 25.3 Å². The fourth-order valence-corrected chi connectivity index (χ4v) is 2.83. The molecule has 1 heterocycles. The van der Waals surface area contributed by atoms with Crippen LogP contribution in [0.25, 0.3) is 11.0 Å². The summed E-state index contributed by atoms with van der Waals surface area (Å²) in [6, 6.07) is 5.28. The normalized spacial score (nSPS) is 17.7.